The Balaban J connectivity index is 1.32. The molecule has 0 amide bonds. The molecule has 0 bridgehead atoms. The van der Waals surface area contributed by atoms with Crippen molar-refractivity contribution in [2.24, 2.45) is 0 Å². The van der Waals surface area contributed by atoms with E-state index < -0.39 is 10.5 Å². The lowest BCUT2D eigenvalue weighted by Gasteiger charge is -2.45. The average Bonchev–Trinajstić information content (AvgIpc) is 3.18. The number of hydrogen-bond donors (Lipinski definition) is 0. The maximum Gasteiger partial charge on any atom is 0.145 e. The molecule has 0 atom stereocenters. The minimum absolute atomic E-state index is 0.882. The number of rotatable bonds is 7. The van der Waals surface area contributed by atoms with Crippen LogP contribution in [0.15, 0.2) is 176 Å². The van der Waals surface area contributed by atoms with Gasteiger partial charge in [-0.3, -0.25) is 4.31 Å². The fraction of sp³-hybridized carbons (Fsp3) is 0.0800. The van der Waals surface area contributed by atoms with Crippen molar-refractivity contribution in [2.45, 2.75) is 13.8 Å². The Bertz CT molecular complexity index is 2820. The van der Waals surface area contributed by atoms with Gasteiger partial charge in [0.1, 0.15) is 5.75 Å². The highest BCUT2D eigenvalue weighted by molar-refractivity contribution is 8.30. The summed E-state index contributed by atoms with van der Waals surface area (Å²) in [7, 11) is -2.08. The second-order valence-corrected chi connectivity index (χ2v) is 17.1. The van der Waals surface area contributed by atoms with Crippen molar-refractivity contribution in [3.05, 3.63) is 187 Å². The van der Waals surface area contributed by atoms with Gasteiger partial charge in [-0.2, -0.15) is 0 Å². The van der Waals surface area contributed by atoms with E-state index in [9.17, 15) is 0 Å². The molecular weight excluding hydrogens is 663 g/mol. The molecule has 0 aromatic heterocycles. The number of aryl methyl sites for hydroxylation is 2. The van der Waals surface area contributed by atoms with E-state index in [0.29, 0.717) is 0 Å². The number of para-hydroxylation sites is 1. The van der Waals surface area contributed by atoms with Gasteiger partial charge in [-0.05, 0) is 114 Å². The second kappa shape index (κ2) is 13.2. The first-order valence-electron chi connectivity index (χ1n) is 18.2. The van der Waals surface area contributed by atoms with E-state index in [0.717, 1.165) is 22.7 Å². The van der Waals surface area contributed by atoms with E-state index in [4.69, 9.17) is 4.18 Å². The molecule has 3 heteroatoms. The largest absolute Gasteiger partial charge is 0.430 e. The lowest BCUT2D eigenvalue weighted by atomic mass is 9.89. The first-order valence-corrected chi connectivity index (χ1v) is 20.5. The van der Waals surface area contributed by atoms with Gasteiger partial charge in [0.15, 0.2) is 0 Å². The lowest BCUT2D eigenvalue weighted by Crippen LogP contribution is -2.26. The molecule has 0 fully saturated rings. The highest BCUT2D eigenvalue weighted by Crippen LogP contribution is 2.58. The van der Waals surface area contributed by atoms with Crippen LogP contribution in [0.5, 0.6) is 5.75 Å². The fourth-order valence-electron chi connectivity index (χ4n) is 8.15. The van der Waals surface area contributed by atoms with Crippen molar-refractivity contribution in [3.63, 3.8) is 0 Å². The molecule has 0 aliphatic rings. The Kier molecular flexibility index (Phi) is 8.17. The summed E-state index contributed by atoms with van der Waals surface area (Å²) < 4.78 is 10.1. The van der Waals surface area contributed by atoms with Gasteiger partial charge in [0.05, 0.1) is 11.4 Å². The quantitative estimate of drug-likeness (QED) is 0.164. The van der Waals surface area contributed by atoms with E-state index in [1.807, 2.05) is 0 Å². The van der Waals surface area contributed by atoms with Gasteiger partial charge in [0.2, 0.25) is 0 Å². The van der Waals surface area contributed by atoms with Crippen LogP contribution in [0.1, 0.15) is 11.1 Å². The Morgan fingerprint density at radius 3 is 1.30 bits per heavy atom. The predicted molar refractivity (Wildman–Crippen MR) is 232 cm³/mol. The van der Waals surface area contributed by atoms with Crippen LogP contribution in [0.3, 0.4) is 0 Å². The van der Waals surface area contributed by atoms with Crippen LogP contribution in [0.2, 0.25) is 0 Å². The van der Waals surface area contributed by atoms with Gasteiger partial charge in [0, 0.05) is 23.6 Å². The monoisotopic (exact) mass is 703 g/mol. The number of fused-ring (bicyclic) bond motifs is 4. The van der Waals surface area contributed by atoms with E-state index in [1.165, 1.54) is 70.9 Å². The average molecular weight is 704 g/mol. The number of anilines is 2. The van der Waals surface area contributed by atoms with Crippen LogP contribution < -0.4 is 8.49 Å². The molecule has 0 N–H and O–H groups in total. The number of benzene rings is 9. The minimum Gasteiger partial charge on any atom is -0.430 e. The van der Waals surface area contributed by atoms with E-state index in [2.05, 4.69) is 207 Å². The number of nitrogens with zero attached hydrogens (tertiary/aromatic N) is 1. The Morgan fingerprint density at radius 1 is 0.377 bits per heavy atom. The SMILES string of the molecule is Cc1ccc2ccccc2c1-c1c(OS(C)(C)N(c2ccccc2)c2ccc3ccccc3c2-c2c(C)ccc3ccccc23)ccc2ccccc12. The molecule has 0 saturated carbocycles. The highest BCUT2D eigenvalue weighted by Gasteiger charge is 2.31. The lowest BCUT2D eigenvalue weighted by molar-refractivity contribution is 0.627. The third kappa shape index (κ3) is 5.69. The summed E-state index contributed by atoms with van der Waals surface area (Å²) >= 11 is 0. The zero-order valence-electron chi connectivity index (χ0n) is 30.5. The summed E-state index contributed by atoms with van der Waals surface area (Å²) in [6.45, 7) is 4.46. The predicted octanol–water partition coefficient (Wildman–Crippen LogP) is 14.4. The summed E-state index contributed by atoms with van der Waals surface area (Å²) in [5, 5.41) is 9.73. The topological polar surface area (TPSA) is 12.5 Å². The van der Waals surface area contributed by atoms with Crippen LogP contribution in [-0.2, 0) is 0 Å². The second-order valence-electron chi connectivity index (χ2n) is 14.2. The normalized spacial score (nSPS) is 12.1. The highest BCUT2D eigenvalue weighted by atomic mass is 32.3. The zero-order valence-corrected chi connectivity index (χ0v) is 31.3. The Hall–Kier alpha value is -6.03. The van der Waals surface area contributed by atoms with Crippen molar-refractivity contribution in [1.29, 1.82) is 0 Å². The van der Waals surface area contributed by atoms with Gasteiger partial charge >= 0.3 is 0 Å². The van der Waals surface area contributed by atoms with Gasteiger partial charge in [-0.25, -0.2) is 0 Å². The number of hydrogen-bond acceptors (Lipinski definition) is 2. The summed E-state index contributed by atoms with van der Waals surface area (Å²) in [6.07, 6.45) is 4.56. The van der Waals surface area contributed by atoms with Gasteiger partial charge in [-0.1, -0.05) is 152 Å². The Morgan fingerprint density at radius 2 is 0.774 bits per heavy atom. The van der Waals surface area contributed by atoms with Gasteiger partial charge in [0.25, 0.3) is 0 Å². The van der Waals surface area contributed by atoms with E-state index in [-0.39, 0.29) is 0 Å². The smallest absolute Gasteiger partial charge is 0.145 e. The molecule has 2 nitrogen and oxygen atoms in total. The zero-order chi connectivity index (χ0) is 36.1. The summed E-state index contributed by atoms with van der Waals surface area (Å²) in [5.74, 6) is 0.882. The molecule has 0 aliphatic heterocycles. The van der Waals surface area contributed by atoms with Crippen molar-refractivity contribution >= 4 is 65.0 Å². The van der Waals surface area contributed by atoms with Crippen molar-refractivity contribution in [1.82, 2.24) is 0 Å². The van der Waals surface area contributed by atoms with E-state index in [1.54, 1.807) is 0 Å². The first kappa shape index (κ1) is 32.8. The van der Waals surface area contributed by atoms with Gasteiger partial charge in [-0.15, -0.1) is 0 Å². The maximum atomic E-state index is 7.60. The minimum atomic E-state index is -2.08. The molecule has 0 unspecified atom stereocenters. The molecule has 0 saturated heterocycles. The molecule has 9 aromatic rings. The van der Waals surface area contributed by atoms with Crippen LogP contribution in [-0.4, -0.2) is 12.5 Å². The third-order valence-corrected chi connectivity index (χ3v) is 12.4. The molecule has 0 radical (unpaired) electrons. The van der Waals surface area contributed by atoms with Crippen LogP contribution in [0.25, 0.3) is 65.3 Å². The maximum absolute atomic E-state index is 7.60. The van der Waals surface area contributed by atoms with Crippen LogP contribution >= 0.6 is 10.5 Å². The van der Waals surface area contributed by atoms with Crippen LogP contribution in [0, 0.1) is 13.8 Å². The summed E-state index contributed by atoms with van der Waals surface area (Å²) in [6, 6.07) is 63.6. The van der Waals surface area contributed by atoms with Crippen molar-refractivity contribution in [2.75, 3.05) is 16.8 Å². The molecular formula is C50H41NOS. The van der Waals surface area contributed by atoms with Crippen molar-refractivity contribution in [3.8, 4) is 28.0 Å². The Labute approximate surface area is 313 Å². The van der Waals surface area contributed by atoms with E-state index >= 15 is 0 Å². The molecule has 53 heavy (non-hydrogen) atoms. The molecule has 9 rings (SSSR count). The summed E-state index contributed by atoms with van der Waals surface area (Å²) in [4.78, 5) is 0. The first-order chi connectivity index (χ1) is 25.9. The van der Waals surface area contributed by atoms with Crippen molar-refractivity contribution < 1.29 is 4.18 Å². The molecule has 258 valence electrons. The standard InChI is InChI=1S/C50H41NOS/c1-34-26-28-36-16-8-12-22-41(36)47(34)49-43-24-14-10-18-38(43)30-32-45(49)51(40-20-6-5-7-21-40)53(3,4)52-46-33-31-39-19-11-15-25-44(39)50(46)48-35(2)27-29-37-17-9-13-23-42(37)48/h5-33H,1-4H3. The molecule has 0 spiro atoms. The molecule has 0 aliphatic carbocycles. The van der Waals surface area contributed by atoms with Crippen LogP contribution in [0.4, 0.5) is 11.4 Å². The molecule has 9 aromatic carbocycles. The summed E-state index contributed by atoms with van der Waals surface area (Å²) in [5.41, 5.74) is 9.50. The molecule has 0 heterocycles. The fourth-order valence-corrected chi connectivity index (χ4v) is 10.1. The third-order valence-electron chi connectivity index (χ3n) is 10.5. The van der Waals surface area contributed by atoms with Gasteiger partial charge < -0.3 is 4.18 Å².